The molecule has 0 aliphatic carbocycles. The number of hydrogen-bond acceptors (Lipinski definition) is 5. The molecule has 1 heterocycles. The van der Waals surface area contributed by atoms with E-state index in [1.807, 2.05) is 12.1 Å². The van der Waals surface area contributed by atoms with Crippen LogP contribution in [0.25, 0.3) is 0 Å². The van der Waals surface area contributed by atoms with E-state index >= 15 is 0 Å². The van der Waals surface area contributed by atoms with Gasteiger partial charge >= 0.3 is 0 Å². The molecule has 6 nitrogen and oxygen atoms in total. The predicted molar refractivity (Wildman–Crippen MR) is 94.3 cm³/mol. The van der Waals surface area contributed by atoms with Crippen LogP contribution in [0.1, 0.15) is 5.56 Å². The van der Waals surface area contributed by atoms with E-state index in [9.17, 15) is 4.79 Å². The Hall–Kier alpha value is -2.60. The zero-order valence-corrected chi connectivity index (χ0v) is 14.7. The number of halogens is 1. The molecule has 0 saturated carbocycles. The molecule has 1 aliphatic rings. The van der Waals surface area contributed by atoms with Crippen LogP contribution in [0.5, 0.6) is 23.0 Å². The van der Waals surface area contributed by atoms with Crippen molar-refractivity contribution in [2.75, 3.05) is 32.8 Å². The maximum absolute atomic E-state index is 12.3. The normalized spacial score (nSPS) is 12.4. The van der Waals surface area contributed by atoms with E-state index in [-0.39, 0.29) is 12.3 Å². The van der Waals surface area contributed by atoms with Gasteiger partial charge in [0.05, 0.1) is 31.4 Å². The van der Waals surface area contributed by atoms with Crippen molar-refractivity contribution in [3.63, 3.8) is 0 Å². The highest BCUT2D eigenvalue weighted by atomic mass is 35.5. The van der Waals surface area contributed by atoms with Crippen LogP contribution >= 0.6 is 11.6 Å². The summed E-state index contributed by atoms with van der Waals surface area (Å²) in [5.74, 6) is 2.13. The third-order valence-electron chi connectivity index (χ3n) is 3.72. The Bertz CT molecular complexity index is 793. The van der Waals surface area contributed by atoms with E-state index in [2.05, 4.69) is 5.32 Å². The summed E-state index contributed by atoms with van der Waals surface area (Å²) in [6.07, 6.45) is 0.182. The molecule has 0 fully saturated rings. The summed E-state index contributed by atoms with van der Waals surface area (Å²) in [6, 6.07) is 8.68. The molecule has 132 valence electrons. The molecule has 0 spiro atoms. The number of hydrogen-bond donors (Lipinski definition) is 1. The van der Waals surface area contributed by atoms with Crippen LogP contribution in [-0.4, -0.2) is 33.3 Å². The standard InChI is InChI=1S/C18H18ClNO5/c1-22-15-9-12(19)13(10-16(15)23-2)20-18(21)8-11-3-4-14-17(7-11)25-6-5-24-14/h3-4,7,9-10H,5-6,8H2,1-2H3,(H,20,21). The first-order chi connectivity index (χ1) is 12.1. The van der Waals surface area contributed by atoms with Crippen molar-refractivity contribution >= 4 is 23.2 Å². The number of rotatable bonds is 5. The summed E-state index contributed by atoms with van der Waals surface area (Å²) in [5, 5.41) is 3.15. The van der Waals surface area contributed by atoms with Crippen LogP contribution in [0.2, 0.25) is 5.02 Å². The van der Waals surface area contributed by atoms with Crippen molar-refractivity contribution in [3.05, 3.63) is 40.9 Å². The van der Waals surface area contributed by atoms with Crippen molar-refractivity contribution in [3.8, 4) is 23.0 Å². The van der Waals surface area contributed by atoms with Gasteiger partial charge in [-0.25, -0.2) is 0 Å². The van der Waals surface area contributed by atoms with E-state index in [0.29, 0.717) is 46.9 Å². The number of methoxy groups -OCH3 is 2. The molecule has 0 bridgehead atoms. The van der Waals surface area contributed by atoms with Crippen LogP contribution in [0, 0.1) is 0 Å². The third kappa shape index (κ3) is 3.91. The zero-order chi connectivity index (χ0) is 17.8. The van der Waals surface area contributed by atoms with Crippen LogP contribution in [0.4, 0.5) is 5.69 Å². The lowest BCUT2D eigenvalue weighted by Gasteiger charge is -2.18. The van der Waals surface area contributed by atoms with Gasteiger partial charge in [-0.1, -0.05) is 17.7 Å². The van der Waals surface area contributed by atoms with Gasteiger partial charge in [0.15, 0.2) is 23.0 Å². The maximum atomic E-state index is 12.3. The Balaban J connectivity index is 1.72. The van der Waals surface area contributed by atoms with Gasteiger partial charge in [-0.3, -0.25) is 4.79 Å². The van der Waals surface area contributed by atoms with Gasteiger partial charge in [-0.15, -0.1) is 0 Å². The number of ether oxygens (including phenoxy) is 4. The third-order valence-corrected chi connectivity index (χ3v) is 4.03. The van der Waals surface area contributed by atoms with Crippen molar-refractivity contribution in [1.29, 1.82) is 0 Å². The second-order valence-corrected chi connectivity index (χ2v) is 5.80. The van der Waals surface area contributed by atoms with Gasteiger partial charge < -0.3 is 24.3 Å². The average Bonchev–Trinajstić information content (AvgIpc) is 2.62. The second-order valence-electron chi connectivity index (χ2n) is 5.39. The smallest absolute Gasteiger partial charge is 0.228 e. The number of benzene rings is 2. The molecule has 0 aromatic heterocycles. The minimum Gasteiger partial charge on any atom is -0.493 e. The Morgan fingerprint density at radius 1 is 1.08 bits per heavy atom. The Kier molecular flexibility index (Phi) is 5.19. The molecule has 0 radical (unpaired) electrons. The van der Waals surface area contributed by atoms with Crippen LogP contribution in [-0.2, 0) is 11.2 Å². The fourth-order valence-corrected chi connectivity index (χ4v) is 2.73. The molecule has 0 unspecified atom stereocenters. The largest absolute Gasteiger partial charge is 0.493 e. The lowest BCUT2D eigenvalue weighted by Crippen LogP contribution is -2.17. The molecule has 1 amide bonds. The predicted octanol–water partition coefficient (Wildman–Crippen LogP) is 3.31. The lowest BCUT2D eigenvalue weighted by atomic mass is 10.1. The van der Waals surface area contributed by atoms with Gasteiger partial charge in [0.25, 0.3) is 0 Å². The molecule has 3 rings (SSSR count). The Labute approximate surface area is 150 Å². The van der Waals surface area contributed by atoms with Crippen molar-refractivity contribution in [2.24, 2.45) is 0 Å². The molecule has 0 saturated heterocycles. The highest BCUT2D eigenvalue weighted by molar-refractivity contribution is 6.34. The first-order valence-corrected chi connectivity index (χ1v) is 8.08. The SMILES string of the molecule is COc1cc(Cl)c(NC(=O)Cc2ccc3c(c2)OCCO3)cc1OC. The van der Waals surface area contributed by atoms with E-state index < -0.39 is 0 Å². The molecule has 7 heteroatoms. The number of anilines is 1. The molecule has 25 heavy (non-hydrogen) atoms. The highest BCUT2D eigenvalue weighted by Crippen LogP contribution is 2.36. The van der Waals surface area contributed by atoms with Crippen LogP contribution < -0.4 is 24.3 Å². The van der Waals surface area contributed by atoms with Gasteiger partial charge in [0.2, 0.25) is 5.91 Å². The van der Waals surface area contributed by atoms with Gasteiger partial charge in [-0.2, -0.15) is 0 Å². The second kappa shape index (κ2) is 7.53. The van der Waals surface area contributed by atoms with Gasteiger partial charge in [0, 0.05) is 12.1 Å². The summed E-state index contributed by atoms with van der Waals surface area (Å²) < 4.78 is 21.4. The topological polar surface area (TPSA) is 66.0 Å². The molecule has 1 N–H and O–H groups in total. The molecule has 1 aliphatic heterocycles. The van der Waals surface area contributed by atoms with Crippen LogP contribution in [0.15, 0.2) is 30.3 Å². The van der Waals surface area contributed by atoms with Gasteiger partial charge in [0.1, 0.15) is 13.2 Å². The highest BCUT2D eigenvalue weighted by Gasteiger charge is 2.15. The number of amides is 1. The number of fused-ring (bicyclic) bond motifs is 1. The summed E-state index contributed by atoms with van der Waals surface area (Å²) in [4.78, 5) is 12.3. The fourth-order valence-electron chi connectivity index (χ4n) is 2.53. The summed E-state index contributed by atoms with van der Waals surface area (Å²) in [6.45, 7) is 1.04. The number of carbonyl (C=O) groups is 1. The minimum atomic E-state index is -0.203. The van der Waals surface area contributed by atoms with Crippen molar-refractivity contribution in [1.82, 2.24) is 0 Å². The molecule has 2 aromatic rings. The number of carbonyl (C=O) groups excluding carboxylic acids is 1. The van der Waals surface area contributed by atoms with E-state index in [0.717, 1.165) is 5.56 Å². The first kappa shape index (κ1) is 17.2. The Morgan fingerprint density at radius 2 is 1.76 bits per heavy atom. The zero-order valence-electron chi connectivity index (χ0n) is 13.9. The molecule has 0 atom stereocenters. The van der Waals surface area contributed by atoms with E-state index in [1.54, 1.807) is 18.2 Å². The first-order valence-electron chi connectivity index (χ1n) is 7.70. The van der Waals surface area contributed by atoms with Crippen molar-refractivity contribution < 1.29 is 23.7 Å². The quantitative estimate of drug-likeness (QED) is 0.882. The van der Waals surface area contributed by atoms with Gasteiger partial charge in [-0.05, 0) is 17.7 Å². The maximum Gasteiger partial charge on any atom is 0.228 e. The van der Waals surface area contributed by atoms with E-state index in [1.165, 1.54) is 14.2 Å². The molecular formula is C18H18ClNO5. The lowest BCUT2D eigenvalue weighted by molar-refractivity contribution is -0.115. The minimum absolute atomic E-state index is 0.182. The summed E-state index contributed by atoms with van der Waals surface area (Å²) in [5.41, 5.74) is 1.28. The summed E-state index contributed by atoms with van der Waals surface area (Å²) in [7, 11) is 3.04. The molecule has 2 aromatic carbocycles. The van der Waals surface area contributed by atoms with Crippen molar-refractivity contribution in [2.45, 2.75) is 6.42 Å². The van der Waals surface area contributed by atoms with E-state index in [4.69, 9.17) is 30.5 Å². The summed E-state index contributed by atoms with van der Waals surface area (Å²) >= 11 is 6.19. The average molecular weight is 364 g/mol. The Morgan fingerprint density at radius 3 is 2.48 bits per heavy atom. The monoisotopic (exact) mass is 363 g/mol. The van der Waals surface area contributed by atoms with Crippen LogP contribution in [0.3, 0.4) is 0 Å². The fraction of sp³-hybridized carbons (Fsp3) is 0.278. The number of nitrogens with one attached hydrogen (secondary N) is 1. The molecular weight excluding hydrogens is 346 g/mol.